The number of hydrogen-bond donors (Lipinski definition) is 2. The fourth-order valence-electron chi connectivity index (χ4n) is 2.77. The Labute approximate surface area is 169 Å². The zero-order valence-electron chi connectivity index (χ0n) is 16.3. The van der Waals surface area contributed by atoms with Crippen LogP contribution in [0.1, 0.15) is 33.3 Å². The van der Waals surface area contributed by atoms with Crippen molar-refractivity contribution in [2.24, 2.45) is 0 Å². The normalized spacial score (nSPS) is 10.3. The first-order valence-electron chi connectivity index (χ1n) is 9.18. The van der Waals surface area contributed by atoms with E-state index in [0.717, 1.165) is 17.0 Å². The first-order valence-corrected chi connectivity index (χ1v) is 9.18. The number of carbonyl (C=O) groups is 2. The number of benzene rings is 2. The van der Waals surface area contributed by atoms with E-state index in [0.29, 0.717) is 24.3 Å². The van der Waals surface area contributed by atoms with E-state index < -0.39 is 0 Å². The molecule has 3 aromatic rings. The van der Waals surface area contributed by atoms with E-state index in [1.165, 1.54) is 6.92 Å². The van der Waals surface area contributed by atoms with E-state index in [4.69, 9.17) is 4.74 Å². The van der Waals surface area contributed by atoms with E-state index in [1.54, 1.807) is 43.5 Å². The molecule has 0 aliphatic heterocycles. The Bertz CT molecular complexity index is 986. The molecule has 29 heavy (non-hydrogen) atoms. The molecule has 0 aliphatic rings. The molecular weight excluding hydrogens is 368 g/mol. The lowest BCUT2D eigenvalue weighted by molar-refractivity contribution is 0.0947. The summed E-state index contributed by atoms with van der Waals surface area (Å²) in [5, 5.41) is 13.9. The van der Waals surface area contributed by atoms with Gasteiger partial charge in [-0.1, -0.05) is 18.2 Å². The van der Waals surface area contributed by atoms with Crippen LogP contribution in [0.3, 0.4) is 0 Å². The second-order valence-electron chi connectivity index (χ2n) is 6.38. The van der Waals surface area contributed by atoms with Gasteiger partial charge in [0.15, 0.2) is 17.3 Å². The van der Waals surface area contributed by atoms with E-state index in [2.05, 4.69) is 20.8 Å². The number of methoxy groups -OCH3 is 1. The predicted octanol–water partition coefficient (Wildman–Crippen LogP) is 3.40. The number of hydrogen-bond acceptors (Lipinski definition) is 6. The van der Waals surface area contributed by atoms with Crippen LogP contribution in [0.5, 0.6) is 5.75 Å². The number of nitrogens with zero attached hydrogens (tertiary/aromatic N) is 2. The summed E-state index contributed by atoms with van der Waals surface area (Å²) in [6.45, 7) is 1.98. The van der Waals surface area contributed by atoms with Gasteiger partial charge in [0.05, 0.1) is 7.11 Å². The van der Waals surface area contributed by atoms with Gasteiger partial charge in [-0.05, 0) is 61.4 Å². The number of amides is 1. The molecule has 0 saturated carbocycles. The summed E-state index contributed by atoms with van der Waals surface area (Å²) >= 11 is 0. The molecule has 0 fully saturated rings. The third-order valence-corrected chi connectivity index (χ3v) is 4.33. The minimum atomic E-state index is -0.287. The van der Waals surface area contributed by atoms with Crippen LogP contribution in [-0.2, 0) is 6.42 Å². The lowest BCUT2D eigenvalue weighted by atomic mass is 10.1. The van der Waals surface area contributed by atoms with Crippen molar-refractivity contribution >= 4 is 23.2 Å². The van der Waals surface area contributed by atoms with Crippen LogP contribution in [0.2, 0.25) is 0 Å². The van der Waals surface area contributed by atoms with Gasteiger partial charge < -0.3 is 15.4 Å². The second kappa shape index (κ2) is 9.45. The van der Waals surface area contributed by atoms with Crippen molar-refractivity contribution in [2.75, 3.05) is 19.0 Å². The van der Waals surface area contributed by atoms with Crippen LogP contribution >= 0.6 is 0 Å². The molecule has 1 heterocycles. The number of rotatable bonds is 8. The summed E-state index contributed by atoms with van der Waals surface area (Å²) in [4.78, 5) is 23.6. The number of aromatic nitrogens is 2. The van der Waals surface area contributed by atoms with Crippen molar-refractivity contribution < 1.29 is 14.3 Å². The number of carbonyl (C=O) groups excluding carboxylic acids is 2. The Morgan fingerprint density at radius 3 is 2.38 bits per heavy atom. The molecular formula is C22H22N4O3. The highest BCUT2D eigenvalue weighted by Crippen LogP contribution is 2.17. The number of para-hydroxylation sites is 1. The van der Waals surface area contributed by atoms with Gasteiger partial charge in [-0.15, -0.1) is 10.2 Å². The molecule has 0 unspecified atom stereocenters. The highest BCUT2D eigenvalue weighted by atomic mass is 16.5. The highest BCUT2D eigenvalue weighted by molar-refractivity contribution is 5.94. The first-order chi connectivity index (χ1) is 14.1. The summed E-state index contributed by atoms with van der Waals surface area (Å²) in [5.74, 6) is 1.03. The van der Waals surface area contributed by atoms with Crippen LogP contribution in [0, 0.1) is 0 Å². The Hall–Kier alpha value is -3.74. The molecule has 0 atom stereocenters. The third kappa shape index (κ3) is 5.38. The van der Waals surface area contributed by atoms with Gasteiger partial charge in [-0.25, -0.2) is 0 Å². The van der Waals surface area contributed by atoms with Crippen molar-refractivity contribution in [2.45, 2.75) is 13.3 Å². The average molecular weight is 390 g/mol. The minimum absolute atomic E-state index is 0.0115. The Morgan fingerprint density at radius 1 is 0.966 bits per heavy atom. The zero-order chi connectivity index (χ0) is 20.6. The SMILES string of the molecule is COc1ccccc1CCNC(=O)c1ccc(Nc2ccc(C(C)=O)cc2)nn1. The molecule has 1 aromatic heterocycles. The minimum Gasteiger partial charge on any atom is -0.496 e. The monoisotopic (exact) mass is 390 g/mol. The zero-order valence-corrected chi connectivity index (χ0v) is 16.3. The number of nitrogens with one attached hydrogen (secondary N) is 2. The standard InChI is InChI=1S/C22H22N4O3/c1-15(27)16-7-9-18(10-8-16)24-21-12-11-19(25-26-21)22(28)23-14-13-17-5-3-4-6-20(17)29-2/h3-12H,13-14H2,1-2H3,(H,23,28)(H,24,26). The van der Waals surface area contributed by atoms with Crippen LogP contribution in [0.4, 0.5) is 11.5 Å². The molecule has 3 rings (SSSR count). The maximum absolute atomic E-state index is 12.3. The largest absolute Gasteiger partial charge is 0.496 e. The van der Waals surface area contributed by atoms with Gasteiger partial charge >= 0.3 is 0 Å². The summed E-state index contributed by atoms with van der Waals surface area (Å²) in [6, 6.07) is 18.0. The molecule has 0 aliphatic carbocycles. The molecule has 7 heteroatoms. The van der Waals surface area contributed by atoms with E-state index in [-0.39, 0.29) is 17.4 Å². The van der Waals surface area contributed by atoms with E-state index in [9.17, 15) is 9.59 Å². The summed E-state index contributed by atoms with van der Waals surface area (Å²) in [7, 11) is 1.63. The van der Waals surface area contributed by atoms with E-state index >= 15 is 0 Å². The predicted molar refractivity (Wildman–Crippen MR) is 111 cm³/mol. The van der Waals surface area contributed by atoms with Crippen LogP contribution < -0.4 is 15.4 Å². The molecule has 2 aromatic carbocycles. The van der Waals surface area contributed by atoms with Crippen molar-refractivity contribution in [3.05, 3.63) is 77.5 Å². The molecule has 1 amide bonds. The second-order valence-corrected chi connectivity index (χ2v) is 6.38. The molecule has 148 valence electrons. The van der Waals surface area contributed by atoms with Gasteiger partial charge in [-0.2, -0.15) is 0 Å². The maximum atomic E-state index is 12.3. The van der Waals surface area contributed by atoms with Gasteiger partial charge in [0.25, 0.3) is 5.91 Å². The molecule has 0 bridgehead atoms. The fourth-order valence-corrected chi connectivity index (χ4v) is 2.77. The molecule has 0 saturated heterocycles. The smallest absolute Gasteiger partial charge is 0.271 e. The van der Waals surface area contributed by atoms with Gasteiger partial charge in [0, 0.05) is 17.8 Å². The Balaban J connectivity index is 1.53. The lowest BCUT2D eigenvalue weighted by Gasteiger charge is -2.09. The van der Waals surface area contributed by atoms with Gasteiger partial charge in [-0.3, -0.25) is 9.59 Å². The van der Waals surface area contributed by atoms with Crippen LogP contribution in [-0.4, -0.2) is 35.5 Å². The number of Topliss-reactive ketones (excluding diaryl/α,β-unsaturated/α-hetero) is 1. The fraction of sp³-hybridized carbons (Fsp3) is 0.182. The maximum Gasteiger partial charge on any atom is 0.271 e. The summed E-state index contributed by atoms with van der Waals surface area (Å²) < 4.78 is 5.31. The number of ketones is 1. The van der Waals surface area contributed by atoms with Crippen LogP contribution in [0.25, 0.3) is 0 Å². The summed E-state index contributed by atoms with van der Waals surface area (Å²) in [5.41, 5.74) is 2.68. The Morgan fingerprint density at radius 2 is 1.72 bits per heavy atom. The average Bonchev–Trinajstić information content (AvgIpc) is 2.75. The Kier molecular flexibility index (Phi) is 6.52. The molecule has 7 nitrogen and oxygen atoms in total. The van der Waals surface area contributed by atoms with Crippen LogP contribution in [0.15, 0.2) is 60.7 Å². The van der Waals surface area contributed by atoms with Crippen molar-refractivity contribution in [1.82, 2.24) is 15.5 Å². The molecule has 0 spiro atoms. The summed E-state index contributed by atoms with van der Waals surface area (Å²) in [6.07, 6.45) is 0.652. The highest BCUT2D eigenvalue weighted by Gasteiger charge is 2.09. The number of ether oxygens (including phenoxy) is 1. The first kappa shape index (κ1) is 20.0. The quantitative estimate of drug-likeness (QED) is 0.573. The molecule has 0 radical (unpaired) electrons. The van der Waals surface area contributed by atoms with Gasteiger partial charge in [0.1, 0.15) is 5.75 Å². The van der Waals surface area contributed by atoms with Crippen molar-refractivity contribution in [3.63, 3.8) is 0 Å². The number of anilines is 2. The van der Waals surface area contributed by atoms with E-state index in [1.807, 2.05) is 24.3 Å². The topological polar surface area (TPSA) is 93.2 Å². The lowest BCUT2D eigenvalue weighted by Crippen LogP contribution is -2.26. The van der Waals surface area contributed by atoms with Gasteiger partial charge in [0.2, 0.25) is 0 Å². The van der Waals surface area contributed by atoms with Crippen molar-refractivity contribution in [1.29, 1.82) is 0 Å². The molecule has 2 N–H and O–H groups in total. The van der Waals surface area contributed by atoms with Crippen molar-refractivity contribution in [3.8, 4) is 5.75 Å². The third-order valence-electron chi connectivity index (χ3n) is 4.33.